The van der Waals surface area contributed by atoms with Crippen molar-refractivity contribution in [3.8, 4) is 0 Å². The van der Waals surface area contributed by atoms with Crippen LogP contribution in [0.25, 0.3) is 0 Å². The number of carbonyl (C=O) groups is 1. The SMILES string of the molecule is O=C1CCCCN1CCCCN1CC[C@@H]2[C@@H](C1)c1ccccc1N2c1ccccc1. The van der Waals surface area contributed by atoms with E-state index in [1.165, 1.54) is 42.7 Å². The van der Waals surface area contributed by atoms with Crippen molar-refractivity contribution in [2.45, 2.75) is 50.5 Å². The molecule has 5 rings (SSSR count). The summed E-state index contributed by atoms with van der Waals surface area (Å²) < 4.78 is 0. The first-order valence-corrected chi connectivity index (χ1v) is 11.7. The molecule has 4 nitrogen and oxygen atoms in total. The lowest BCUT2D eigenvalue weighted by Crippen LogP contribution is -2.45. The number of unbranched alkanes of at least 4 members (excludes halogenated alkanes) is 1. The number of hydrogen-bond acceptors (Lipinski definition) is 3. The number of para-hydroxylation sites is 2. The molecule has 1 amide bonds. The molecule has 2 aromatic carbocycles. The number of rotatable bonds is 6. The largest absolute Gasteiger partial charge is 0.343 e. The van der Waals surface area contributed by atoms with Gasteiger partial charge in [0.25, 0.3) is 0 Å². The monoisotopic (exact) mass is 403 g/mol. The Hall–Kier alpha value is -2.33. The molecule has 2 saturated heterocycles. The van der Waals surface area contributed by atoms with Gasteiger partial charge in [0.2, 0.25) is 5.91 Å². The van der Waals surface area contributed by atoms with Crippen molar-refractivity contribution in [1.82, 2.24) is 9.80 Å². The highest BCUT2D eigenvalue weighted by molar-refractivity contribution is 5.76. The summed E-state index contributed by atoms with van der Waals surface area (Å²) in [7, 11) is 0. The molecule has 0 aromatic heterocycles. The highest BCUT2D eigenvalue weighted by atomic mass is 16.2. The predicted octanol–water partition coefficient (Wildman–Crippen LogP) is 4.79. The molecule has 0 N–H and O–H groups in total. The number of benzene rings is 2. The van der Waals surface area contributed by atoms with Crippen molar-refractivity contribution in [2.24, 2.45) is 0 Å². The minimum absolute atomic E-state index is 0.366. The maximum absolute atomic E-state index is 12.0. The first kappa shape index (κ1) is 19.6. The molecule has 3 aliphatic heterocycles. The van der Waals surface area contributed by atoms with Crippen molar-refractivity contribution < 1.29 is 4.79 Å². The van der Waals surface area contributed by atoms with E-state index in [2.05, 4.69) is 69.3 Å². The smallest absolute Gasteiger partial charge is 0.222 e. The molecule has 0 saturated carbocycles. The summed E-state index contributed by atoms with van der Waals surface area (Å²) in [6.45, 7) is 5.38. The molecule has 2 fully saturated rings. The maximum atomic E-state index is 12.0. The van der Waals surface area contributed by atoms with Gasteiger partial charge in [-0.3, -0.25) is 4.79 Å². The number of hydrogen-bond donors (Lipinski definition) is 0. The van der Waals surface area contributed by atoms with Crippen LogP contribution < -0.4 is 4.90 Å². The summed E-state index contributed by atoms with van der Waals surface area (Å²) in [5.41, 5.74) is 4.22. The average molecular weight is 404 g/mol. The van der Waals surface area contributed by atoms with Crippen molar-refractivity contribution in [2.75, 3.05) is 37.6 Å². The van der Waals surface area contributed by atoms with Gasteiger partial charge in [-0.05, 0) is 62.4 Å². The number of anilines is 2. The molecule has 2 atom stereocenters. The second kappa shape index (κ2) is 8.81. The average Bonchev–Trinajstić information content (AvgIpc) is 3.12. The van der Waals surface area contributed by atoms with Crippen LogP contribution in [0.5, 0.6) is 0 Å². The van der Waals surface area contributed by atoms with E-state index in [4.69, 9.17) is 0 Å². The van der Waals surface area contributed by atoms with Gasteiger partial charge in [-0.1, -0.05) is 36.4 Å². The minimum atomic E-state index is 0.366. The third-order valence-electron chi connectivity index (χ3n) is 7.20. The van der Waals surface area contributed by atoms with Crippen molar-refractivity contribution in [1.29, 1.82) is 0 Å². The Morgan fingerprint density at radius 2 is 1.67 bits per heavy atom. The van der Waals surface area contributed by atoms with E-state index in [0.29, 0.717) is 17.9 Å². The number of piperidine rings is 2. The summed E-state index contributed by atoms with van der Waals surface area (Å²) >= 11 is 0. The van der Waals surface area contributed by atoms with Crippen molar-refractivity contribution >= 4 is 17.3 Å². The maximum Gasteiger partial charge on any atom is 0.222 e. The number of carbonyl (C=O) groups excluding carboxylic acids is 1. The summed E-state index contributed by atoms with van der Waals surface area (Å²) in [6.07, 6.45) is 6.53. The molecule has 0 radical (unpaired) electrons. The van der Waals surface area contributed by atoms with Gasteiger partial charge in [-0.25, -0.2) is 0 Å². The van der Waals surface area contributed by atoms with Crippen LogP contribution in [-0.4, -0.2) is 54.5 Å². The van der Waals surface area contributed by atoms with Crippen molar-refractivity contribution in [3.05, 3.63) is 60.2 Å². The van der Waals surface area contributed by atoms with Gasteiger partial charge in [-0.2, -0.15) is 0 Å². The molecule has 0 bridgehead atoms. The van der Waals surface area contributed by atoms with Gasteiger partial charge in [0.1, 0.15) is 0 Å². The Bertz CT molecular complexity index is 868. The molecular formula is C26H33N3O. The van der Waals surface area contributed by atoms with Crippen LogP contribution >= 0.6 is 0 Å². The van der Waals surface area contributed by atoms with E-state index >= 15 is 0 Å². The van der Waals surface area contributed by atoms with Crippen LogP contribution in [0.15, 0.2) is 54.6 Å². The Balaban J connectivity index is 1.21. The molecule has 0 unspecified atom stereocenters. The molecule has 3 heterocycles. The predicted molar refractivity (Wildman–Crippen MR) is 122 cm³/mol. The van der Waals surface area contributed by atoms with Gasteiger partial charge >= 0.3 is 0 Å². The topological polar surface area (TPSA) is 26.8 Å². The van der Waals surface area contributed by atoms with Gasteiger partial charge in [-0.15, -0.1) is 0 Å². The molecule has 2 aromatic rings. The van der Waals surface area contributed by atoms with E-state index in [9.17, 15) is 4.79 Å². The Morgan fingerprint density at radius 1 is 0.867 bits per heavy atom. The normalized spacial score (nSPS) is 24.1. The fourth-order valence-corrected chi connectivity index (χ4v) is 5.68. The molecule has 4 heteroatoms. The summed E-state index contributed by atoms with van der Waals surface area (Å²) in [5, 5.41) is 0. The third kappa shape index (κ3) is 3.85. The lowest BCUT2D eigenvalue weighted by Gasteiger charge is -2.39. The Morgan fingerprint density at radius 3 is 2.53 bits per heavy atom. The van der Waals surface area contributed by atoms with Crippen LogP contribution in [0.1, 0.15) is 50.0 Å². The number of fused-ring (bicyclic) bond motifs is 3. The molecule has 0 spiro atoms. The Kier molecular flexibility index (Phi) is 5.76. The van der Waals surface area contributed by atoms with Crippen LogP contribution in [0.3, 0.4) is 0 Å². The van der Waals surface area contributed by atoms with Gasteiger partial charge in [0.15, 0.2) is 0 Å². The molecular weight excluding hydrogens is 370 g/mol. The van der Waals surface area contributed by atoms with Gasteiger partial charge in [0.05, 0.1) is 0 Å². The summed E-state index contributed by atoms with van der Waals surface area (Å²) in [6, 6.07) is 20.4. The Labute approximate surface area is 180 Å². The minimum Gasteiger partial charge on any atom is -0.343 e. The van der Waals surface area contributed by atoms with E-state index in [0.717, 1.165) is 45.4 Å². The number of amides is 1. The molecule has 3 aliphatic rings. The number of nitrogens with zero attached hydrogens (tertiary/aromatic N) is 3. The van der Waals surface area contributed by atoms with Crippen LogP contribution in [0.4, 0.5) is 11.4 Å². The van der Waals surface area contributed by atoms with Gasteiger partial charge < -0.3 is 14.7 Å². The lowest BCUT2D eigenvalue weighted by atomic mass is 9.89. The van der Waals surface area contributed by atoms with E-state index in [1.54, 1.807) is 0 Å². The quantitative estimate of drug-likeness (QED) is 0.649. The fourth-order valence-electron chi connectivity index (χ4n) is 5.68. The highest BCUT2D eigenvalue weighted by Crippen LogP contribution is 2.48. The van der Waals surface area contributed by atoms with Gasteiger partial charge in [0, 0.05) is 55.9 Å². The van der Waals surface area contributed by atoms with E-state index in [-0.39, 0.29) is 0 Å². The first-order chi connectivity index (χ1) is 14.8. The lowest BCUT2D eigenvalue weighted by molar-refractivity contribution is -0.133. The third-order valence-corrected chi connectivity index (χ3v) is 7.20. The van der Waals surface area contributed by atoms with Crippen LogP contribution in [-0.2, 0) is 4.79 Å². The summed E-state index contributed by atoms with van der Waals surface area (Å²) in [5.74, 6) is 0.949. The molecule has 0 aliphatic carbocycles. The molecule has 158 valence electrons. The zero-order valence-electron chi connectivity index (χ0n) is 17.9. The summed E-state index contributed by atoms with van der Waals surface area (Å²) in [4.78, 5) is 19.3. The standard InChI is InChI=1S/C26H33N3O/c30-26-14-6-7-17-28(26)18-9-8-16-27-19-15-25-23(20-27)22-12-4-5-13-24(22)29(25)21-10-2-1-3-11-21/h1-5,10-13,23,25H,6-9,14-20H2/t23-,25+/m0/s1. The zero-order chi connectivity index (χ0) is 20.3. The van der Waals surface area contributed by atoms with Crippen LogP contribution in [0.2, 0.25) is 0 Å². The van der Waals surface area contributed by atoms with Crippen LogP contribution in [0, 0.1) is 0 Å². The van der Waals surface area contributed by atoms with E-state index in [1.807, 2.05) is 0 Å². The van der Waals surface area contributed by atoms with Crippen molar-refractivity contribution in [3.63, 3.8) is 0 Å². The highest BCUT2D eigenvalue weighted by Gasteiger charge is 2.42. The first-order valence-electron chi connectivity index (χ1n) is 11.7. The molecule has 30 heavy (non-hydrogen) atoms. The number of likely N-dealkylation sites (tertiary alicyclic amines) is 2. The zero-order valence-corrected chi connectivity index (χ0v) is 17.9. The second-order valence-electron chi connectivity index (χ2n) is 9.07. The second-order valence-corrected chi connectivity index (χ2v) is 9.07. The fraction of sp³-hybridized carbons (Fsp3) is 0.500. The van der Waals surface area contributed by atoms with E-state index < -0.39 is 0 Å².